The number of benzene rings is 4. The topological polar surface area (TPSA) is 371 Å². The van der Waals surface area contributed by atoms with Gasteiger partial charge in [-0.05, 0) is 77.6 Å². The van der Waals surface area contributed by atoms with Crippen molar-refractivity contribution in [1.29, 1.82) is 0 Å². The lowest BCUT2D eigenvalue weighted by molar-refractivity contribution is -0.307. The Labute approximate surface area is 613 Å². The molecule has 0 aromatic heterocycles. The Morgan fingerprint density at radius 3 is 1.58 bits per heavy atom. The van der Waals surface area contributed by atoms with Gasteiger partial charge in [0, 0.05) is 62.4 Å². The maximum Gasteiger partial charge on any atom is 0.407 e. The van der Waals surface area contributed by atoms with E-state index in [4.69, 9.17) is 33.2 Å². The van der Waals surface area contributed by atoms with E-state index in [0.717, 1.165) is 44.5 Å². The highest BCUT2D eigenvalue weighted by Crippen LogP contribution is 2.46. The molecule has 2 fully saturated rings. The number of fused-ring (bicyclic) bond motifs is 8. The van der Waals surface area contributed by atoms with Crippen LogP contribution < -0.4 is 16.0 Å². The van der Waals surface area contributed by atoms with Gasteiger partial charge >= 0.3 is 18.2 Å². The summed E-state index contributed by atoms with van der Waals surface area (Å²) >= 11 is 0. The third kappa shape index (κ3) is 22.8. The SMILES string of the molecule is CC1OC(O[C@H]2/C=C/C=C/C=C/C=C/C=C/C=C/C=C/[C@H](C)[C@@H](O)[C@@H](C)[C@H](C)OC(=O)C[C@H](O)C[C@H](O)CC[C@@H](O)[C@H](O)C[C@H](O)C[C@]3(O)C[C@H](O)[C@@H](C(=O)NCCOCCNC(=O)OCC4c5ccccc5-c5ccccc54)[C@H](C2)O3)C(O)C(NC(=O)OCC2c3ccccc3-c3ccccc32)C1O. The van der Waals surface area contributed by atoms with Crippen LogP contribution in [0.25, 0.3) is 22.3 Å². The van der Waals surface area contributed by atoms with Crippen LogP contribution in [0.1, 0.15) is 113 Å². The molecule has 5 aliphatic rings. The first-order valence-electron chi connectivity index (χ1n) is 36.3. The van der Waals surface area contributed by atoms with Crippen molar-refractivity contribution >= 4 is 24.1 Å². The summed E-state index contributed by atoms with van der Waals surface area (Å²) in [5.74, 6) is -6.62. The normalized spacial score (nSPS) is 33.3. The van der Waals surface area contributed by atoms with Gasteiger partial charge in [-0.1, -0.05) is 196 Å². The number of carbonyl (C=O) groups excluding carboxylic acids is 4. The molecule has 0 saturated carbocycles. The van der Waals surface area contributed by atoms with Gasteiger partial charge in [-0.3, -0.25) is 9.59 Å². The number of hydrogen-bond donors (Lipinski definition) is 13. The summed E-state index contributed by atoms with van der Waals surface area (Å²) in [6, 6.07) is 30.1. The molecule has 19 atom stereocenters. The van der Waals surface area contributed by atoms with Crippen LogP contribution in [0.3, 0.4) is 0 Å². The van der Waals surface area contributed by atoms with Crippen molar-refractivity contribution in [3.8, 4) is 22.3 Å². The maximum atomic E-state index is 14.5. The summed E-state index contributed by atoms with van der Waals surface area (Å²) < 4.78 is 41.8. The average molecular weight is 1450 g/mol. The zero-order valence-corrected chi connectivity index (χ0v) is 59.7. The quantitative estimate of drug-likeness (QED) is 0.0347. The van der Waals surface area contributed by atoms with Gasteiger partial charge in [0.25, 0.3) is 0 Å². The molecular formula is C81H103N3O21. The van der Waals surface area contributed by atoms with Crippen LogP contribution in [-0.2, 0) is 42.7 Å². The zero-order valence-electron chi connectivity index (χ0n) is 59.7. The minimum absolute atomic E-state index is 0.0311. The van der Waals surface area contributed by atoms with E-state index in [1.807, 2.05) is 116 Å². The molecule has 2 saturated heterocycles. The molecule has 0 radical (unpaired) electrons. The average Bonchev–Trinajstić information content (AvgIpc) is 1.45. The van der Waals surface area contributed by atoms with E-state index >= 15 is 0 Å². The molecule has 24 nitrogen and oxygen atoms in total. The molecule has 105 heavy (non-hydrogen) atoms. The number of carbonyl (C=O) groups is 4. The van der Waals surface area contributed by atoms with Gasteiger partial charge in [0.1, 0.15) is 31.5 Å². The van der Waals surface area contributed by atoms with E-state index in [1.165, 1.54) is 6.92 Å². The van der Waals surface area contributed by atoms with Crippen LogP contribution in [0.5, 0.6) is 0 Å². The van der Waals surface area contributed by atoms with Crippen molar-refractivity contribution in [3.05, 3.63) is 204 Å². The van der Waals surface area contributed by atoms with Crippen LogP contribution in [0, 0.1) is 17.8 Å². The first kappa shape index (κ1) is 81.1. The summed E-state index contributed by atoms with van der Waals surface area (Å²) in [4.78, 5) is 54.0. The maximum absolute atomic E-state index is 14.5. The third-order valence-corrected chi connectivity index (χ3v) is 20.0. The van der Waals surface area contributed by atoms with E-state index in [1.54, 1.807) is 86.8 Å². The minimum atomic E-state index is -2.42. The molecule has 568 valence electrons. The fourth-order valence-electron chi connectivity index (χ4n) is 14.2. The number of aliphatic hydroxyl groups is 10. The number of ether oxygens (including phenoxy) is 7. The van der Waals surface area contributed by atoms with Crippen molar-refractivity contribution in [2.24, 2.45) is 17.8 Å². The highest BCUT2D eigenvalue weighted by atomic mass is 16.7. The minimum Gasteiger partial charge on any atom is -0.462 e. The van der Waals surface area contributed by atoms with Crippen molar-refractivity contribution in [2.75, 3.05) is 39.5 Å². The molecule has 2 bridgehead atoms. The van der Waals surface area contributed by atoms with Gasteiger partial charge in [0.2, 0.25) is 5.91 Å². The summed E-state index contributed by atoms with van der Waals surface area (Å²) in [6.45, 7) is 6.72. The van der Waals surface area contributed by atoms with Crippen molar-refractivity contribution in [3.63, 3.8) is 0 Å². The second-order valence-electron chi connectivity index (χ2n) is 27.8. The first-order valence-corrected chi connectivity index (χ1v) is 36.3. The standard InChI is InChI=1S/C81H103N3O21/c1-49-25-15-13-11-9-7-5-6-8-10-12-14-16-26-56(104-78-76(94)73(75(93)52(4)103-78)84-80(97)101-48-66-63-33-23-19-29-59(63)60-30-20-24-34-64(60)66)44-70-72(77(95)82-37-39-99-40-38-83-79(96)100-47-65-61-31-21-17-27-57(61)58-28-18-22-32-62(58)65)69(90)46-81(98,105-70)45-55(87)42-68(89)67(88)36-35-53(85)41-54(86)43-71(91)102-51(3)50(2)74(49)92/h5-34,49-56,65-70,72-76,78,85-90,92-94,98H,35-48H2,1-4H3,(H,82,95)(H,83,96)(H,84,97)/b6-5+,9-7+,10-8+,13-11+,14-12+,25-15+,26-16+/t49-,50-,51-,52?,53+,54+,55-,56-,67+,68+,69-,70-,72+,73?,74+,75?,76?,78?,81+/m0/s1. The van der Waals surface area contributed by atoms with Gasteiger partial charge < -0.3 is 100 Å². The van der Waals surface area contributed by atoms with E-state index in [2.05, 4.69) is 16.0 Å². The highest BCUT2D eigenvalue weighted by molar-refractivity contribution is 5.81. The van der Waals surface area contributed by atoms with Crippen LogP contribution >= 0.6 is 0 Å². The lowest BCUT2D eigenvalue weighted by Crippen LogP contribution is -2.64. The van der Waals surface area contributed by atoms with Crippen LogP contribution in [0.15, 0.2) is 182 Å². The predicted octanol–water partition coefficient (Wildman–Crippen LogP) is 6.88. The molecule has 4 aromatic rings. The van der Waals surface area contributed by atoms with E-state index in [0.29, 0.717) is 0 Å². The number of rotatable bonds is 14. The molecule has 3 heterocycles. The van der Waals surface area contributed by atoms with Crippen molar-refractivity contribution in [2.45, 2.75) is 188 Å². The van der Waals surface area contributed by atoms with Crippen LogP contribution in [-0.4, -0.2) is 212 Å². The Bertz CT molecular complexity index is 3620. The van der Waals surface area contributed by atoms with Crippen molar-refractivity contribution < 1.29 is 103 Å². The Kier molecular flexibility index (Phi) is 30.5. The number of alkyl carbamates (subject to hydrolysis) is 2. The number of amides is 3. The molecular weight excluding hydrogens is 1350 g/mol. The molecule has 9 rings (SSSR count). The molecule has 0 spiro atoms. The van der Waals surface area contributed by atoms with E-state index in [9.17, 15) is 70.2 Å². The first-order chi connectivity index (χ1) is 50.5. The molecule has 24 heteroatoms. The molecule has 3 amide bonds. The number of nitrogens with one attached hydrogen (secondary N) is 3. The Morgan fingerprint density at radius 2 is 1.03 bits per heavy atom. The lowest BCUT2D eigenvalue weighted by Gasteiger charge is -2.46. The lowest BCUT2D eigenvalue weighted by atomic mass is 9.82. The largest absolute Gasteiger partial charge is 0.462 e. The Balaban J connectivity index is 0.903. The fourth-order valence-corrected chi connectivity index (χ4v) is 14.2. The molecule has 13 N–H and O–H groups in total. The second-order valence-corrected chi connectivity index (χ2v) is 27.8. The molecule has 3 aliphatic heterocycles. The fraction of sp³-hybridized carbons (Fsp3) is 0.481. The van der Waals surface area contributed by atoms with Crippen LogP contribution in [0.2, 0.25) is 0 Å². The van der Waals surface area contributed by atoms with Crippen molar-refractivity contribution in [1.82, 2.24) is 16.0 Å². The van der Waals surface area contributed by atoms with E-state index in [-0.39, 0.29) is 83.0 Å². The molecule has 4 aromatic carbocycles. The Hall–Kier alpha value is -8.02. The highest BCUT2D eigenvalue weighted by Gasteiger charge is 2.51. The number of allylic oxidation sites excluding steroid dienone is 12. The van der Waals surface area contributed by atoms with Crippen LogP contribution in [0.4, 0.5) is 9.59 Å². The smallest absolute Gasteiger partial charge is 0.407 e. The monoisotopic (exact) mass is 1450 g/mol. The summed E-state index contributed by atoms with van der Waals surface area (Å²) in [7, 11) is 0. The summed E-state index contributed by atoms with van der Waals surface area (Å²) in [6.07, 6.45) is 0.150. The molecule has 2 aliphatic carbocycles. The Morgan fingerprint density at radius 1 is 0.524 bits per heavy atom. The second kappa shape index (κ2) is 39.5. The molecule has 5 unspecified atom stereocenters. The third-order valence-electron chi connectivity index (χ3n) is 20.0. The van der Waals surface area contributed by atoms with Gasteiger partial charge in [-0.25, -0.2) is 9.59 Å². The van der Waals surface area contributed by atoms with Gasteiger partial charge in [-0.15, -0.1) is 0 Å². The van der Waals surface area contributed by atoms with E-state index < -0.39 is 159 Å². The van der Waals surface area contributed by atoms with Gasteiger partial charge in [-0.2, -0.15) is 0 Å². The zero-order chi connectivity index (χ0) is 75.2. The van der Waals surface area contributed by atoms with Gasteiger partial charge in [0.15, 0.2) is 12.1 Å². The number of hydrogen-bond acceptors (Lipinski definition) is 21. The summed E-state index contributed by atoms with van der Waals surface area (Å²) in [5, 5.41) is 122. The number of cyclic esters (lactones) is 1. The predicted molar refractivity (Wildman–Crippen MR) is 390 cm³/mol. The van der Waals surface area contributed by atoms with Gasteiger partial charge in [0.05, 0.1) is 92.6 Å². The number of aliphatic hydroxyl groups excluding tert-OH is 9. The number of esters is 1. The summed E-state index contributed by atoms with van der Waals surface area (Å²) in [5.41, 5.74) is 8.27.